The number of hydrogen-bond acceptors (Lipinski definition) is 7. The van der Waals surface area contributed by atoms with E-state index in [4.69, 9.17) is 9.47 Å². The van der Waals surface area contributed by atoms with Crippen molar-refractivity contribution in [2.45, 2.75) is 26.1 Å². The third kappa shape index (κ3) is 4.48. The Hall–Kier alpha value is -2.81. The van der Waals surface area contributed by atoms with Crippen molar-refractivity contribution >= 4 is 17.3 Å². The smallest absolute Gasteiger partial charge is 0.246 e. The molecule has 8 heteroatoms. The largest absolute Gasteiger partial charge is 0.493 e. The van der Waals surface area contributed by atoms with Crippen molar-refractivity contribution in [2.75, 3.05) is 24.9 Å². The molecule has 2 aromatic rings. The first-order valence-electron chi connectivity index (χ1n) is 8.64. The second kappa shape index (κ2) is 8.26. The number of amides is 1. The Morgan fingerprint density at radius 1 is 0.926 bits per heavy atom. The standard InChI is InChI=1S/C19H25N5O3/c1-11-7-12(2)9-14(8-11)20-18-17(22-24-23-18)19(25)21-13-5-6-15(26-3)16(10-13)27-4/h5-10,17-18,20,22-24H,1-4H3,(H,21,25). The maximum atomic E-state index is 12.7. The minimum atomic E-state index is -0.529. The lowest BCUT2D eigenvalue weighted by Crippen LogP contribution is -2.47. The molecule has 1 aliphatic rings. The van der Waals surface area contributed by atoms with Crippen LogP contribution in [0, 0.1) is 13.8 Å². The average molecular weight is 371 g/mol. The molecule has 1 heterocycles. The molecule has 2 unspecified atom stereocenters. The van der Waals surface area contributed by atoms with E-state index in [1.807, 2.05) is 26.0 Å². The van der Waals surface area contributed by atoms with Crippen LogP contribution in [0.3, 0.4) is 0 Å². The third-order valence-corrected chi connectivity index (χ3v) is 4.27. The van der Waals surface area contributed by atoms with Gasteiger partial charge < -0.3 is 20.1 Å². The van der Waals surface area contributed by atoms with Gasteiger partial charge in [0.1, 0.15) is 12.2 Å². The molecule has 0 spiro atoms. The zero-order valence-corrected chi connectivity index (χ0v) is 15.8. The first kappa shape index (κ1) is 19.0. The van der Waals surface area contributed by atoms with E-state index in [-0.39, 0.29) is 12.1 Å². The summed E-state index contributed by atoms with van der Waals surface area (Å²) in [7, 11) is 3.12. The maximum Gasteiger partial charge on any atom is 0.246 e. The van der Waals surface area contributed by atoms with Crippen LogP contribution in [0.5, 0.6) is 11.5 Å². The number of methoxy groups -OCH3 is 2. The molecule has 2 atom stereocenters. The van der Waals surface area contributed by atoms with E-state index in [2.05, 4.69) is 33.1 Å². The lowest BCUT2D eigenvalue weighted by Gasteiger charge is -2.21. The summed E-state index contributed by atoms with van der Waals surface area (Å²) in [6.45, 7) is 4.08. The zero-order chi connectivity index (χ0) is 19.4. The van der Waals surface area contributed by atoms with E-state index in [0.717, 1.165) is 16.8 Å². The highest BCUT2D eigenvalue weighted by atomic mass is 16.5. The van der Waals surface area contributed by atoms with Crippen molar-refractivity contribution in [3.05, 3.63) is 47.5 Å². The van der Waals surface area contributed by atoms with Gasteiger partial charge in [-0.05, 0) is 49.2 Å². The number of hydrazine groups is 2. The van der Waals surface area contributed by atoms with Crippen LogP contribution in [0.2, 0.25) is 0 Å². The van der Waals surface area contributed by atoms with E-state index < -0.39 is 6.04 Å². The molecule has 3 rings (SSSR count). The topological polar surface area (TPSA) is 95.7 Å². The summed E-state index contributed by atoms with van der Waals surface area (Å²) in [5.74, 6) is 0.963. The van der Waals surface area contributed by atoms with Gasteiger partial charge in [0.05, 0.1) is 14.2 Å². The Morgan fingerprint density at radius 2 is 1.63 bits per heavy atom. The SMILES string of the molecule is COc1ccc(NC(=O)C2NNNC2Nc2cc(C)cc(C)c2)cc1OC. The van der Waals surface area contributed by atoms with Crippen molar-refractivity contribution in [3.63, 3.8) is 0 Å². The minimum absolute atomic E-state index is 0.193. The molecule has 2 aromatic carbocycles. The summed E-state index contributed by atoms with van der Waals surface area (Å²) >= 11 is 0. The van der Waals surface area contributed by atoms with Crippen LogP contribution >= 0.6 is 0 Å². The van der Waals surface area contributed by atoms with Gasteiger partial charge in [-0.25, -0.2) is 10.9 Å². The van der Waals surface area contributed by atoms with Gasteiger partial charge in [0.25, 0.3) is 0 Å². The number of carbonyl (C=O) groups is 1. The van der Waals surface area contributed by atoms with Crippen molar-refractivity contribution in [2.24, 2.45) is 0 Å². The lowest BCUT2D eigenvalue weighted by atomic mass is 10.1. The van der Waals surface area contributed by atoms with Crippen molar-refractivity contribution in [1.82, 2.24) is 16.4 Å². The number of aryl methyl sites for hydroxylation is 2. The molecule has 27 heavy (non-hydrogen) atoms. The molecular weight excluding hydrogens is 346 g/mol. The Labute approximate surface area is 158 Å². The van der Waals surface area contributed by atoms with Gasteiger partial charge in [-0.2, -0.15) is 5.53 Å². The summed E-state index contributed by atoms with van der Waals surface area (Å²) in [5.41, 5.74) is 12.6. The Kier molecular flexibility index (Phi) is 5.80. The summed E-state index contributed by atoms with van der Waals surface area (Å²) < 4.78 is 10.5. The molecule has 144 valence electrons. The van der Waals surface area contributed by atoms with E-state index in [1.165, 1.54) is 0 Å². The highest BCUT2D eigenvalue weighted by molar-refractivity contribution is 5.96. The van der Waals surface area contributed by atoms with E-state index in [0.29, 0.717) is 17.2 Å². The lowest BCUT2D eigenvalue weighted by molar-refractivity contribution is -0.118. The molecule has 5 N–H and O–H groups in total. The highest BCUT2D eigenvalue weighted by Crippen LogP contribution is 2.29. The molecule has 0 radical (unpaired) electrons. The summed E-state index contributed by atoms with van der Waals surface area (Å²) in [6, 6.07) is 10.9. The fraction of sp³-hybridized carbons (Fsp3) is 0.316. The second-order valence-corrected chi connectivity index (χ2v) is 6.45. The van der Waals surface area contributed by atoms with Crippen LogP contribution in [0.25, 0.3) is 0 Å². The second-order valence-electron chi connectivity index (χ2n) is 6.45. The van der Waals surface area contributed by atoms with Gasteiger partial charge in [0.15, 0.2) is 11.5 Å². The minimum Gasteiger partial charge on any atom is -0.493 e. The van der Waals surface area contributed by atoms with E-state index >= 15 is 0 Å². The zero-order valence-electron chi connectivity index (χ0n) is 15.8. The molecular formula is C19H25N5O3. The molecule has 1 fully saturated rings. The predicted octanol–water partition coefficient (Wildman–Crippen LogP) is 1.68. The van der Waals surface area contributed by atoms with Crippen LogP contribution in [0.15, 0.2) is 36.4 Å². The summed E-state index contributed by atoms with van der Waals surface area (Å²) in [4.78, 5) is 12.7. The first-order chi connectivity index (χ1) is 13.0. The number of carbonyl (C=O) groups excluding carboxylic acids is 1. The molecule has 1 saturated heterocycles. The van der Waals surface area contributed by atoms with Crippen molar-refractivity contribution in [1.29, 1.82) is 0 Å². The van der Waals surface area contributed by atoms with Gasteiger partial charge in [-0.15, -0.1) is 0 Å². The summed E-state index contributed by atoms with van der Waals surface area (Å²) in [5, 5.41) is 6.23. The van der Waals surface area contributed by atoms with Gasteiger partial charge in [0.2, 0.25) is 5.91 Å². The van der Waals surface area contributed by atoms with Gasteiger partial charge in [-0.3, -0.25) is 4.79 Å². The molecule has 0 aromatic heterocycles. The quantitative estimate of drug-likeness (QED) is 0.527. The molecule has 1 amide bonds. The van der Waals surface area contributed by atoms with Gasteiger partial charge >= 0.3 is 0 Å². The van der Waals surface area contributed by atoms with Gasteiger partial charge in [0, 0.05) is 17.4 Å². The Balaban J connectivity index is 1.70. The molecule has 1 aliphatic heterocycles. The van der Waals surface area contributed by atoms with Crippen LogP contribution in [-0.2, 0) is 4.79 Å². The summed E-state index contributed by atoms with van der Waals surface area (Å²) in [6.07, 6.45) is -0.327. The normalized spacial score (nSPS) is 18.8. The highest BCUT2D eigenvalue weighted by Gasteiger charge is 2.33. The number of ether oxygens (including phenoxy) is 2. The Bertz CT molecular complexity index is 807. The van der Waals surface area contributed by atoms with Crippen LogP contribution in [0.4, 0.5) is 11.4 Å². The third-order valence-electron chi connectivity index (χ3n) is 4.27. The van der Waals surface area contributed by atoms with Crippen LogP contribution < -0.4 is 36.5 Å². The van der Waals surface area contributed by atoms with Crippen LogP contribution in [0.1, 0.15) is 11.1 Å². The van der Waals surface area contributed by atoms with E-state index in [1.54, 1.807) is 32.4 Å². The molecule has 0 bridgehead atoms. The molecule has 0 aliphatic carbocycles. The predicted molar refractivity (Wildman–Crippen MR) is 105 cm³/mol. The number of nitrogens with one attached hydrogen (secondary N) is 5. The maximum absolute atomic E-state index is 12.7. The Morgan fingerprint density at radius 3 is 2.30 bits per heavy atom. The number of hydrogen-bond donors (Lipinski definition) is 5. The number of anilines is 2. The molecule has 8 nitrogen and oxygen atoms in total. The monoisotopic (exact) mass is 371 g/mol. The molecule has 0 saturated carbocycles. The first-order valence-corrected chi connectivity index (χ1v) is 8.64. The van der Waals surface area contributed by atoms with Crippen LogP contribution in [-0.4, -0.2) is 32.3 Å². The number of benzene rings is 2. The number of rotatable bonds is 6. The fourth-order valence-corrected chi connectivity index (χ4v) is 3.07. The van der Waals surface area contributed by atoms with Crippen molar-refractivity contribution in [3.8, 4) is 11.5 Å². The average Bonchev–Trinajstić information content (AvgIpc) is 3.08. The van der Waals surface area contributed by atoms with Crippen molar-refractivity contribution < 1.29 is 14.3 Å². The van der Waals surface area contributed by atoms with Gasteiger partial charge in [-0.1, -0.05) is 6.07 Å². The van der Waals surface area contributed by atoms with E-state index in [9.17, 15) is 4.79 Å². The fourth-order valence-electron chi connectivity index (χ4n) is 3.07.